The Hall–Kier alpha value is -3.42. The van der Waals surface area contributed by atoms with Crippen LogP contribution in [0.2, 0.25) is 0 Å². The standard InChI is InChI=1S/C20H17N3O5/c1-27-14(25)9-23-12-7-4-8-13(24)15(12)20(18(23)26)11-6-3-2-5-10(11)16-17(20)22-19(21)28-16/h2-3,5-6H,4,7-9H2,1H3,(H2,21,22). The number of fused-ring (bicyclic) bond motifs is 6. The van der Waals surface area contributed by atoms with E-state index in [1.807, 2.05) is 12.1 Å². The lowest BCUT2D eigenvalue weighted by Crippen LogP contribution is -2.43. The average Bonchev–Trinajstić information content (AvgIpc) is 3.28. The third-order valence-electron chi connectivity index (χ3n) is 5.74. The van der Waals surface area contributed by atoms with Crippen LogP contribution in [-0.2, 0) is 24.5 Å². The Bertz CT molecular complexity index is 1100. The van der Waals surface area contributed by atoms with Gasteiger partial charge >= 0.3 is 5.97 Å². The highest BCUT2D eigenvalue weighted by atomic mass is 16.5. The van der Waals surface area contributed by atoms with E-state index in [9.17, 15) is 14.4 Å². The van der Waals surface area contributed by atoms with Crippen molar-refractivity contribution in [2.24, 2.45) is 0 Å². The number of ether oxygens (including phenoxy) is 1. The molecule has 8 nitrogen and oxygen atoms in total. The van der Waals surface area contributed by atoms with Crippen molar-refractivity contribution in [2.45, 2.75) is 24.7 Å². The number of nitrogen functional groups attached to an aromatic ring is 1. The fourth-order valence-electron chi connectivity index (χ4n) is 4.69. The summed E-state index contributed by atoms with van der Waals surface area (Å²) in [6.45, 7) is -0.256. The van der Waals surface area contributed by atoms with Crippen LogP contribution in [0.25, 0.3) is 11.3 Å². The first-order valence-electron chi connectivity index (χ1n) is 9.02. The van der Waals surface area contributed by atoms with Gasteiger partial charge in [-0.3, -0.25) is 14.4 Å². The number of rotatable bonds is 2. The van der Waals surface area contributed by atoms with Crippen molar-refractivity contribution < 1.29 is 23.5 Å². The average molecular weight is 379 g/mol. The number of aromatic nitrogens is 1. The molecule has 0 saturated heterocycles. The number of oxazole rings is 1. The molecular formula is C20H17N3O5. The SMILES string of the molecule is COC(=O)CN1C(=O)C2(C3=C1CCCC3=O)c1ccccc1-c1oc(N)nc12. The summed E-state index contributed by atoms with van der Waals surface area (Å²) < 4.78 is 10.4. The number of ketones is 1. The first kappa shape index (κ1) is 16.7. The summed E-state index contributed by atoms with van der Waals surface area (Å²) >= 11 is 0. The van der Waals surface area contributed by atoms with Gasteiger partial charge in [-0.1, -0.05) is 24.3 Å². The molecule has 0 bridgehead atoms. The minimum absolute atomic E-state index is 0.0662. The van der Waals surface area contributed by atoms with Gasteiger partial charge in [0.1, 0.15) is 12.2 Å². The maximum Gasteiger partial charge on any atom is 0.325 e. The Morgan fingerprint density at radius 3 is 2.89 bits per heavy atom. The van der Waals surface area contributed by atoms with Gasteiger partial charge in [-0.25, -0.2) is 0 Å². The molecule has 2 heterocycles. The van der Waals surface area contributed by atoms with Gasteiger partial charge in [0.2, 0.25) is 5.91 Å². The van der Waals surface area contributed by atoms with E-state index >= 15 is 0 Å². The number of nitrogens with zero attached hydrogens (tertiary/aromatic N) is 2. The third-order valence-corrected chi connectivity index (χ3v) is 5.74. The number of hydrogen-bond acceptors (Lipinski definition) is 7. The smallest absolute Gasteiger partial charge is 0.325 e. The zero-order valence-corrected chi connectivity index (χ0v) is 15.2. The number of Topliss-reactive ketones (excluding diaryl/α,β-unsaturated/α-hetero) is 1. The predicted octanol–water partition coefficient (Wildman–Crippen LogP) is 1.55. The van der Waals surface area contributed by atoms with Crippen LogP contribution < -0.4 is 5.73 Å². The molecule has 1 aromatic carbocycles. The van der Waals surface area contributed by atoms with E-state index in [0.29, 0.717) is 53.1 Å². The summed E-state index contributed by atoms with van der Waals surface area (Å²) in [5.41, 5.74) is 6.97. The maximum atomic E-state index is 13.8. The molecule has 28 heavy (non-hydrogen) atoms. The number of amides is 1. The Morgan fingerprint density at radius 1 is 1.32 bits per heavy atom. The Morgan fingerprint density at radius 2 is 2.11 bits per heavy atom. The molecule has 8 heteroatoms. The molecule has 1 aliphatic heterocycles. The van der Waals surface area contributed by atoms with Crippen molar-refractivity contribution in [3.8, 4) is 11.3 Å². The lowest BCUT2D eigenvalue weighted by Gasteiger charge is -2.26. The maximum absolute atomic E-state index is 13.8. The molecule has 5 rings (SSSR count). The summed E-state index contributed by atoms with van der Waals surface area (Å²) in [5.74, 6) is -0.670. The van der Waals surface area contributed by atoms with Crippen molar-refractivity contribution in [1.82, 2.24) is 9.88 Å². The highest BCUT2D eigenvalue weighted by Crippen LogP contribution is 2.59. The largest absolute Gasteiger partial charge is 0.468 e. The Labute approximate surface area is 160 Å². The third kappa shape index (κ3) is 1.84. The normalized spacial score (nSPS) is 22.5. The Balaban J connectivity index is 1.84. The molecule has 0 fully saturated rings. The van der Waals surface area contributed by atoms with Crippen LogP contribution in [0.15, 0.2) is 40.0 Å². The van der Waals surface area contributed by atoms with E-state index in [4.69, 9.17) is 14.9 Å². The molecular weight excluding hydrogens is 362 g/mol. The molecule has 0 saturated carbocycles. The quantitative estimate of drug-likeness (QED) is 0.787. The monoisotopic (exact) mass is 379 g/mol. The van der Waals surface area contributed by atoms with E-state index in [0.717, 1.165) is 0 Å². The predicted molar refractivity (Wildman–Crippen MR) is 96.7 cm³/mol. The van der Waals surface area contributed by atoms with E-state index in [-0.39, 0.29) is 18.3 Å². The van der Waals surface area contributed by atoms with Gasteiger partial charge in [-0.2, -0.15) is 4.98 Å². The van der Waals surface area contributed by atoms with Crippen molar-refractivity contribution in [3.05, 3.63) is 46.8 Å². The van der Waals surface area contributed by atoms with Gasteiger partial charge < -0.3 is 19.8 Å². The number of hydrogen-bond donors (Lipinski definition) is 1. The van der Waals surface area contributed by atoms with Crippen LogP contribution in [0.1, 0.15) is 30.5 Å². The topological polar surface area (TPSA) is 116 Å². The highest BCUT2D eigenvalue weighted by Gasteiger charge is 2.64. The number of anilines is 1. The minimum Gasteiger partial charge on any atom is -0.468 e. The van der Waals surface area contributed by atoms with Crippen LogP contribution >= 0.6 is 0 Å². The molecule has 1 unspecified atom stereocenters. The second-order valence-electron chi connectivity index (χ2n) is 7.09. The minimum atomic E-state index is -1.42. The van der Waals surface area contributed by atoms with Gasteiger partial charge in [-0.05, 0) is 18.4 Å². The van der Waals surface area contributed by atoms with Gasteiger partial charge in [0, 0.05) is 23.3 Å². The van der Waals surface area contributed by atoms with Gasteiger partial charge in [0.05, 0.1) is 7.11 Å². The van der Waals surface area contributed by atoms with Crippen molar-refractivity contribution in [3.63, 3.8) is 0 Å². The molecule has 1 spiro atoms. The fourth-order valence-corrected chi connectivity index (χ4v) is 4.69. The van der Waals surface area contributed by atoms with Gasteiger partial charge in [0.15, 0.2) is 17.0 Å². The molecule has 2 aliphatic carbocycles. The van der Waals surface area contributed by atoms with Crippen molar-refractivity contribution >= 4 is 23.7 Å². The zero-order chi connectivity index (χ0) is 19.6. The number of carbonyl (C=O) groups is 3. The van der Waals surface area contributed by atoms with E-state index in [1.54, 1.807) is 12.1 Å². The highest BCUT2D eigenvalue weighted by molar-refractivity contribution is 6.17. The van der Waals surface area contributed by atoms with Crippen LogP contribution in [-0.4, -0.2) is 41.2 Å². The number of nitrogens with two attached hydrogens (primary N) is 1. The van der Waals surface area contributed by atoms with Crippen LogP contribution in [0.4, 0.5) is 6.01 Å². The summed E-state index contributed by atoms with van der Waals surface area (Å²) in [5, 5.41) is 0. The molecule has 142 valence electrons. The molecule has 1 aromatic heterocycles. The summed E-state index contributed by atoms with van der Waals surface area (Å²) in [6, 6.07) is 7.18. The number of methoxy groups -OCH3 is 1. The van der Waals surface area contributed by atoms with Gasteiger partial charge in [-0.15, -0.1) is 0 Å². The molecule has 1 amide bonds. The summed E-state index contributed by atoms with van der Waals surface area (Å²) in [4.78, 5) is 44.6. The lowest BCUT2D eigenvalue weighted by atomic mass is 9.71. The van der Waals surface area contributed by atoms with Crippen LogP contribution in [0, 0.1) is 0 Å². The number of benzene rings is 1. The van der Waals surface area contributed by atoms with E-state index in [2.05, 4.69) is 4.98 Å². The lowest BCUT2D eigenvalue weighted by molar-refractivity contribution is -0.146. The van der Waals surface area contributed by atoms with E-state index in [1.165, 1.54) is 12.0 Å². The molecule has 2 aromatic rings. The first-order valence-corrected chi connectivity index (χ1v) is 9.02. The van der Waals surface area contributed by atoms with E-state index < -0.39 is 17.3 Å². The molecule has 2 N–H and O–H groups in total. The fraction of sp³-hybridized carbons (Fsp3) is 0.300. The summed E-state index contributed by atoms with van der Waals surface area (Å²) in [7, 11) is 1.27. The molecule has 0 radical (unpaired) electrons. The second kappa shape index (κ2) is 5.54. The number of carbonyl (C=O) groups excluding carboxylic acids is 3. The zero-order valence-electron chi connectivity index (χ0n) is 15.2. The second-order valence-corrected chi connectivity index (χ2v) is 7.09. The number of allylic oxidation sites excluding steroid dienone is 1. The van der Waals surface area contributed by atoms with Crippen molar-refractivity contribution in [1.29, 1.82) is 0 Å². The Kier molecular flexibility index (Phi) is 3.31. The van der Waals surface area contributed by atoms with Crippen molar-refractivity contribution in [2.75, 3.05) is 19.4 Å². The van der Waals surface area contributed by atoms with Gasteiger partial charge in [0.25, 0.3) is 6.01 Å². The van der Waals surface area contributed by atoms with Crippen LogP contribution in [0.3, 0.4) is 0 Å². The number of esters is 1. The summed E-state index contributed by atoms with van der Waals surface area (Å²) in [6.07, 6.45) is 1.48. The van der Waals surface area contributed by atoms with Crippen LogP contribution in [0.5, 0.6) is 0 Å². The molecule has 1 atom stereocenters. The molecule has 3 aliphatic rings. The first-order chi connectivity index (χ1) is 13.5.